The van der Waals surface area contributed by atoms with Gasteiger partial charge in [0.2, 0.25) is 0 Å². The number of hydrogen-bond acceptors (Lipinski definition) is 3. The number of nitriles is 3. The molecule has 0 aliphatic heterocycles. The number of para-hydroxylation sites is 3. The molecule has 2 aromatic heterocycles. The molecule has 0 saturated carbocycles. The van der Waals surface area contributed by atoms with Crippen LogP contribution in [0.5, 0.6) is 0 Å². The predicted octanol–water partition coefficient (Wildman–Crippen LogP) is 10.9. The fourth-order valence-electron chi connectivity index (χ4n) is 7.77. The number of fused-ring (bicyclic) bond motifs is 6. The maximum absolute atomic E-state index is 10.5. The van der Waals surface area contributed by atoms with Gasteiger partial charge < -0.3 is 9.13 Å². The van der Waals surface area contributed by atoms with Crippen molar-refractivity contribution in [2.24, 2.45) is 0 Å². The largest absolute Gasteiger partial charge is 0.310 e. The molecule has 50 heavy (non-hydrogen) atoms. The van der Waals surface area contributed by atoms with Crippen LogP contribution in [0.3, 0.4) is 0 Å². The minimum absolute atomic E-state index is 0.537. The Kier molecular flexibility index (Phi) is 6.70. The molecule has 8 aromatic rings. The fourth-order valence-corrected chi connectivity index (χ4v) is 7.77. The molecule has 0 saturated heterocycles. The van der Waals surface area contributed by atoms with Gasteiger partial charge in [-0.05, 0) is 84.7 Å². The second-order valence-electron chi connectivity index (χ2n) is 12.6. The highest BCUT2D eigenvalue weighted by Crippen LogP contribution is 2.43. The van der Waals surface area contributed by atoms with Gasteiger partial charge >= 0.3 is 0 Å². The van der Waals surface area contributed by atoms with Crippen molar-refractivity contribution in [3.05, 3.63) is 162 Å². The second-order valence-corrected chi connectivity index (χ2v) is 12.6. The number of hydrogen-bond donors (Lipinski definition) is 0. The van der Waals surface area contributed by atoms with Gasteiger partial charge in [0, 0.05) is 38.4 Å². The summed E-state index contributed by atoms with van der Waals surface area (Å²) < 4.78 is 4.52. The van der Waals surface area contributed by atoms with E-state index >= 15 is 0 Å². The second kappa shape index (κ2) is 11.5. The lowest BCUT2D eigenvalue weighted by Gasteiger charge is -2.22. The molecule has 6 aromatic carbocycles. The van der Waals surface area contributed by atoms with Crippen molar-refractivity contribution in [1.82, 2.24) is 9.13 Å². The van der Waals surface area contributed by atoms with Crippen LogP contribution in [0, 0.1) is 34.0 Å². The van der Waals surface area contributed by atoms with Crippen molar-refractivity contribution in [2.75, 3.05) is 0 Å². The van der Waals surface area contributed by atoms with E-state index in [2.05, 4.69) is 106 Å². The van der Waals surface area contributed by atoms with Gasteiger partial charge in [-0.3, -0.25) is 0 Å². The third-order valence-corrected chi connectivity index (χ3v) is 9.89. The van der Waals surface area contributed by atoms with E-state index < -0.39 is 0 Å². The summed E-state index contributed by atoms with van der Waals surface area (Å²) in [6.07, 6.45) is 6.15. The summed E-state index contributed by atoms with van der Waals surface area (Å²) in [5, 5.41) is 34.7. The first-order valence-corrected chi connectivity index (χ1v) is 16.6. The minimum atomic E-state index is 0.537. The van der Waals surface area contributed by atoms with E-state index in [4.69, 9.17) is 0 Å². The van der Waals surface area contributed by atoms with Crippen LogP contribution < -0.4 is 0 Å². The smallest absolute Gasteiger partial charge is 0.0998 e. The number of allylic oxidation sites excluding steroid dienone is 4. The number of benzene rings is 6. The molecular formula is C45H27N5. The van der Waals surface area contributed by atoms with Crippen molar-refractivity contribution < 1.29 is 0 Å². The molecule has 0 radical (unpaired) electrons. The summed E-state index contributed by atoms with van der Waals surface area (Å²) in [6.45, 7) is 0. The van der Waals surface area contributed by atoms with Crippen molar-refractivity contribution in [3.8, 4) is 35.0 Å². The Bertz CT molecular complexity index is 2860. The summed E-state index contributed by atoms with van der Waals surface area (Å²) in [4.78, 5) is 0. The Morgan fingerprint density at radius 3 is 1.78 bits per heavy atom. The average molecular weight is 638 g/mol. The zero-order valence-electron chi connectivity index (χ0n) is 26.9. The SMILES string of the molecule is N#Cc1ccc(-c2cccc(C#N)c2C2=CC(n3c4ccccc4c4ccccc43)=CCC2)c(-n2c3ccccc3c3cc(C#N)ccc32)c1. The minimum Gasteiger partial charge on any atom is -0.310 e. The van der Waals surface area contributed by atoms with Crippen LogP contribution in [0.2, 0.25) is 0 Å². The first-order chi connectivity index (χ1) is 24.7. The Morgan fingerprint density at radius 1 is 0.500 bits per heavy atom. The quantitative estimate of drug-likeness (QED) is 0.192. The molecule has 0 bridgehead atoms. The zero-order valence-corrected chi connectivity index (χ0v) is 26.9. The van der Waals surface area contributed by atoms with E-state index in [0.717, 1.165) is 79.3 Å². The topological polar surface area (TPSA) is 81.2 Å². The summed E-state index contributed by atoms with van der Waals surface area (Å²) >= 11 is 0. The number of rotatable bonds is 4. The Morgan fingerprint density at radius 2 is 1.10 bits per heavy atom. The van der Waals surface area contributed by atoms with Gasteiger partial charge in [-0.25, -0.2) is 0 Å². The molecule has 1 aliphatic rings. The van der Waals surface area contributed by atoms with E-state index in [0.29, 0.717) is 16.7 Å². The van der Waals surface area contributed by atoms with Gasteiger partial charge in [0.25, 0.3) is 0 Å². The standard InChI is InChI=1S/C45H27N5/c46-26-29-20-22-43-39(23-29)36-14-3-6-18-42(36)50(43)44-24-30(27-47)19-21-37(44)38-15-8-10-32(28-48)45(38)31-9-7-11-33(25-31)49-40-16-4-1-12-34(40)35-13-2-5-17-41(35)49/h1-6,8,10-25H,7,9H2. The Balaban J connectivity index is 1.30. The fraction of sp³-hybridized carbons (Fsp3) is 0.0444. The first-order valence-electron chi connectivity index (χ1n) is 16.6. The van der Waals surface area contributed by atoms with Crippen LogP contribution in [0.1, 0.15) is 35.1 Å². The molecule has 0 N–H and O–H groups in total. The van der Waals surface area contributed by atoms with Gasteiger partial charge in [0.15, 0.2) is 0 Å². The lowest BCUT2D eigenvalue weighted by Crippen LogP contribution is -2.04. The van der Waals surface area contributed by atoms with Gasteiger partial charge in [0.05, 0.1) is 62.7 Å². The molecule has 5 heteroatoms. The molecule has 232 valence electrons. The maximum Gasteiger partial charge on any atom is 0.0998 e. The van der Waals surface area contributed by atoms with Crippen LogP contribution in [-0.4, -0.2) is 9.13 Å². The average Bonchev–Trinajstić information content (AvgIpc) is 3.70. The van der Waals surface area contributed by atoms with Crippen LogP contribution in [-0.2, 0) is 0 Å². The normalized spacial score (nSPS) is 12.8. The van der Waals surface area contributed by atoms with Crippen LogP contribution in [0.25, 0.3) is 71.7 Å². The van der Waals surface area contributed by atoms with E-state index in [1.807, 2.05) is 60.7 Å². The molecular weight excluding hydrogens is 611 g/mol. The number of aromatic nitrogens is 2. The molecule has 2 heterocycles. The highest BCUT2D eigenvalue weighted by molar-refractivity contribution is 6.12. The Labute approximate surface area is 288 Å². The maximum atomic E-state index is 10.5. The monoisotopic (exact) mass is 637 g/mol. The molecule has 0 unspecified atom stereocenters. The van der Waals surface area contributed by atoms with Gasteiger partial charge in [-0.15, -0.1) is 0 Å². The third-order valence-electron chi connectivity index (χ3n) is 9.89. The van der Waals surface area contributed by atoms with Crippen molar-refractivity contribution in [3.63, 3.8) is 0 Å². The molecule has 0 amide bonds. The van der Waals surface area contributed by atoms with E-state index in [1.54, 1.807) is 0 Å². The zero-order chi connectivity index (χ0) is 33.8. The van der Waals surface area contributed by atoms with Crippen molar-refractivity contribution >= 4 is 54.9 Å². The molecule has 5 nitrogen and oxygen atoms in total. The van der Waals surface area contributed by atoms with Crippen LogP contribution in [0.15, 0.2) is 140 Å². The van der Waals surface area contributed by atoms with Crippen LogP contribution >= 0.6 is 0 Å². The first kappa shape index (κ1) is 29.0. The van der Waals surface area contributed by atoms with Crippen molar-refractivity contribution in [2.45, 2.75) is 12.8 Å². The van der Waals surface area contributed by atoms with E-state index in [-0.39, 0.29) is 0 Å². The van der Waals surface area contributed by atoms with Crippen LogP contribution in [0.4, 0.5) is 0 Å². The summed E-state index contributed by atoms with van der Waals surface area (Å²) in [5.74, 6) is 0. The highest BCUT2D eigenvalue weighted by Gasteiger charge is 2.23. The molecule has 0 fully saturated rings. The van der Waals surface area contributed by atoms with Crippen molar-refractivity contribution in [1.29, 1.82) is 15.8 Å². The lowest BCUT2D eigenvalue weighted by atomic mass is 9.86. The summed E-state index contributed by atoms with van der Waals surface area (Å²) in [7, 11) is 0. The third kappa shape index (κ3) is 4.37. The molecule has 1 aliphatic carbocycles. The predicted molar refractivity (Wildman–Crippen MR) is 201 cm³/mol. The van der Waals surface area contributed by atoms with E-state index in [1.165, 1.54) is 10.8 Å². The molecule has 0 atom stereocenters. The van der Waals surface area contributed by atoms with Gasteiger partial charge in [-0.2, -0.15) is 15.8 Å². The molecule has 9 rings (SSSR count). The number of nitrogens with zero attached hydrogens (tertiary/aromatic N) is 5. The van der Waals surface area contributed by atoms with Gasteiger partial charge in [0.1, 0.15) is 0 Å². The summed E-state index contributed by atoms with van der Waals surface area (Å²) in [5.41, 5.74) is 11.7. The summed E-state index contributed by atoms with van der Waals surface area (Å²) in [6, 6.07) is 49.7. The lowest BCUT2D eigenvalue weighted by molar-refractivity contribution is 1.03. The van der Waals surface area contributed by atoms with Gasteiger partial charge in [-0.1, -0.05) is 78.9 Å². The highest BCUT2D eigenvalue weighted by atomic mass is 15.0. The van der Waals surface area contributed by atoms with E-state index in [9.17, 15) is 15.8 Å². The molecule has 0 spiro atoms. The Hall–Kier alpha value is -7.13.